The van der Waals surface area contributed by atoms with E-state index >= 15 is 0 Å². The lowest BCUT2D eigenvalue weighted by molar-refractivity contribution is -0.152. The molecular formula is C25H24ClNO4. The number of aliphatic hydroxyl groups is 1. The van der Waals surface area contributed by atoms with Gasteiger partial charge in [-0.15, -0.1) is 0 Å². The van der Waals surface area contributed by atoms with Crippen molar-refractivity contribution in [3.63, 3.8) is 0 Å². The number of fused-ring (bicyclic) bond motifs is 3. The molecule has 0 aliphatic heterocycles. The first-order valence-corrected chi connectivity index (χ1v) is 10.6. The summed E-state index contributed by atoms with van der Waals surface area (Å²) in [7, 11) is 0. The second-order valence-corrected chi connectivity index (χ2v) is 8.07. The fraction of sp³-hybridized carbons (Fsp3) is 0.240. The minimum atomic E-state index is -1.38. The summed E-state index contributed by atoms with van der Waals surface area (Å²) < 4.78 is 5.65. The second-order valence-electron chi connectivity index (χ2n) is 7.64. The number of carboxylic acid groups (broad SMARTS) is 1. The SMILES string of the molecule is O=C(O)[C@@H](CCc1ccc(Cl)cc1)NC(O)OCC1c2ccccc2-c2ccccc21. The van der Waals surface area contributed by atoms with Gasteiger partial charge in [0.05, 0.1) is 6.61 Å². The average molecular weight is 438 g/mol. The summed E-state index contributed by atoms with van der Waals surface area (Å²) in [6.07, 6.45) is -0.532. The van der Waals surface area contributed by atoms with E-state index in [0.717, 1.165) is 16.7 Å². The monoisotopic (exact) mass is 437 g/mol. The zero-order valence-corrected chi connectivity index (χ0v) is 17.6. The van der Waals surface area contributed by atoms with Crippen molar-refractivity contribution < 1.29 is 19.7 Å². The Hall–Kier alpha value is -2.70. The van der Waals surface area contributed by atoms with Gasteiger partial charge in [-0.05, 0) is 52.8 Å². The Morgan fingerprint density at radius 3 is 2.13 bits per heavy atom. The van der Waals surface area contributed by atoms with Gasteiger partial charge >= 0.3 is 5.97 Å². The number of ether oxygens (including phenoxy) is 1. The Morgan fingerprint density at radius 2 is 1.55 bits per heavy atom. The number of aliphatic carboxylic acids is 1. The van der Waals surface area contributed by atoms with E-state index in [4.69, 9.17) is 16.3 Å². The highest BCUT2D eigenvalue weighted by atomic mass is 35.5. The molecule has 160 valence electrons. The second kappa shape index (κ2) is 9.62. The van der Waals surface area contributed by atoms with Crippen LogP contribution in [0.2, 0.25) is 5.02 Å². The minimum absolute atomic E-state index is 0.0128. The number of carbonyl (C=O) groups is 1. The van der Waals surface area contributed by atoms with Crippen molar-refractivity contribution in [1.82, 2.24) is 5.32 Å². The van der Waals surface area contributed by atoms with Crippen molar-refractivity contribution >= 4 is 17.6 Å². The van der Waals surface area contributed by atoms with Gasteiger partial charge in [-0.2, -0.15) is 0 Å². The highest BCUT2D eigenvalue weighted by molar-refractivity contribution is 6.30. The van der Waals surface area contributed by atoms with Crippen LogP contribution in [0.1, 0.15) is 29.0 Å². The van der Waals surface area contributed by atoms with Gasteiger partial charge in [0.1, 0.15) is 6.04 Å². The van der Waals surface area contributed by atoms with Gasteiger partial charge in [-0.25, -0.2) is 0 Å². The summed E-state index contributed by atoms with van der Waals surface area (Å²) in [5, 5.41) is 23.2. The van der Waals surface area contributed by atoms with Crippen molar-refractivity contribution in [1.29, 1.82) is 0 Å². The van der Waals surface area contributed by atoms with Crippen LogP contribution in [0.5, 0.6) is 0 Å². The first-order chi connectivity index (χ1) is 15.0. The Bertz CT molecular complexity index is 1010. The van der Waals surface area contributed by atoms with Crippen molar-refractivity contribution in [2.45, 2.75) is 31.2 Å². The normalized spacial score (nSPS) is 14.6. The van der Waals surface area contributed by atoms with E-state index in [2.05, 4.69) is 29.6 Å². The van der Waals surface area contributed by atoms with Gasteiger partial charge in [0.15, 0.2) is 0 Å². The molecular weight excluding hydrogens is 414 g/mol. The van der Waals surface area contributed by atoms with Crippen LogP contribution in [0.15, 0.2) is 72.8 Å². The molecule has 1 unspecified atom stereocenters. The number of benzene rings is 3. The third-order valence-electron chi connectivity index (χ3n) is 5.66. The first kappa shape index (κ1) is 21.5. The molecule has 31 heavy (non-hydrogen) atoms. The Labute approximate surface area is 186 Å². The molecule has 0 amide bonds. The summed E-state index contributed by atoms with van der Waals surface area (Å²) >= 11 is 5.89. The van der Waals surface area contributed by atoms with Gasteiger partial charge in [0.2, 0.25) is 6.41 Å². The molecule has 0 saturated carbocycles. The van der Waals surface area contributed by atoms with E-state index in [-0.39, 0.29) is 12.5 Å². The maximum absolute atomic E-state index is 11.6. The van der Waals surface area contributed by atoms with Crippen LogP contribution in [0.25, 0.3) is 11.1 Å². The molecule has 6 heteroatoms. The van der Waals surface area contributed by atoms with Gasteiger partial charge in [-0.1, -0.05) is 72.3 Å². The van der Waals surface area contributed by atoms with Crippen LogP contribution >= 0.6 is 11.6 Å². The number of rotatable bonds is 9. The van der Waals surface area contributed by atoms with Gasteiger partial charge in [0, 0.05) is 10.9 Å². The van der Waals surface area contributed by atoms with Crippen LogP contribution in [-0.2, 0) is 16.0 Å². The van der Waals surface area contributed by atoms with Gasteiger partial charge in [0.25, 0.3) is 0 Å². The molecule has 3 aromatic carbocycles. The van der Waals surface area contributed by atoms with Crippen molar-refractivity contribution in [3.05, 3.63) is 94.5 Å². The third-order valence-corrected chi connectivity index (χ3v) is 5.91. The van der Waals surface area contributed by atoms with Crippen LogP contribution in [0, 0.1) is 0 Å². The molecule has 1 aliphatic rings. The van der Waals surface area contributed by atoms with Crippen LogP contribution in [0.3, 0.4) is 0 Å². The highest BCUT2D eigenvalue weighted by Gasteiger charge is 2.29. The standard InChI is InChI=1S/C25H24ClNO4/c26-17-12-9-16(10-13-17)11-14-23(24(28)29)27-25(30)31-15-22-20-7-3-1-5-18(20)19-6-2-4-8-21(19)22/h1-10,12-13,22-23,25,27,30H,11,14-15H2,(H,28,29)/t23-,25?/m1/s1. The topological polar surface area (TPSA) is 78.8 Å². The van der Waals surface area contributed by atoms with Crippen LogP contribution < -0.4 is 5.32 Å². The lowest BCUT2D eigenvalue weighted by atomic mass is 9.98. The van der Waals surface area contributed by atoms with Crippen molar-refractivity contribution in [2.24, 2.45) is 0 Å². The summed E-state index contributed by atoms with van der Waals surface area (Å²) in [4.78, 5) is 11.6. The molecule has 0 heterocycles. The maximum atomic E-state index is 11.6. The van der Waals surface area contributed by atoms with E-state index in [1.54, 1.807) is 12.1 Å². The fourth-order valence-electron chi connectivity index (χ4n) is 4.09. The molecule has 0 saturated heterocycles. The minimum Gasteiger partial charge on any atom is -0.480 e. The van der Waals surface area contributed by atoms with Crippen molar-refractivity contribution in [2.75, 3.05) is 6.61 Å². The Morgan fingerprint density at radius 1 is 0.968 bits per heavy atom. The van der Waals surface area contributed by atoms with Crippen LogP contribution in [-0.4, -0.2) is 35.2 Å². The molecule has 0 fully saturated rings. The van der Waals surface area contributed by atoms with E-state index in [1.165, 1.54) is 11.1 Å². The Kier molecular flexibility index (Phi) is 6.68. The van der Waals surface area contributed by atoms with Crippen molar-refractivity contribution in [3.8, 4) is 11.1 Å². The van der Waals surface area contributed by atoms with E-state index in [9.17, 15) is 15.0 Å². The predicted molar refractivity (Wildman–Crippen MR) is 120 cm³/mol. The molecule has 3 N–H and O–H groups in total. The smallest absolute Gasteiger partial charge is 0.320 e. The number of aliphatic hydroxyl groups excluding tert-OH is 1. The number of hydrogen-bond donors (Lipinski definition) is 3. The summed E-state index contributed by atoms with van der Waals surface area (Å²) in [5.41, 5.74) is 5.61. The quantitative estimate of drug-likeness (QED) is 0.432. The number of aryl methyl sites for hydroxylation is 1. The van der Waals surface area contributed by atoms with Gasteiger partial charge < -0.3 is 14.9 Å². The molecule has 0 aromatic heterocycles. The summed E-state index contributed by atoms with van der Waals surface area (Å²) in [5.74, 6) is -1.05. The average Bonchev–Trinajstić information content (AvgIpc) is 3.10. The molecule has 4 rings (SSSR count). The van der Waals surface area contributed by atoms with E-state index in [0.29, 0.717) is 17.9 Å². The molecule has 1 aliphatic carbocycles. The molecule has 0 spiro atoms. The zero-order chi connectivity index (χ0) is 21.8. The predicted octanol–water partition coefficient (Wildman–Crippen LogP) is 4.42. The molecule has 0 bridgehead atoms. The zero-order valence-electron chi connectivity index (χ0n) is 16.9. The largest absolute Gasteiger partial charge is 0.480 e. The van der Waals surface area contributed by atoms with Crippen LogP contribution in [0.4, 0.5) is 0 Å². The molecule has 2 atom stereocenters. The first-order valence-electron chi connectivity index (χ1n) is 10.2. The number of nitrogens with one attached hydrogen (secondary N) is 1. The fourth-order valence-corrected chi connectivity index (χ4v) is 4.21. The lowest BCUT2D eigenvalue weighted by Crippen LogP contribution is -2.45. The number of hydrogen-bond acceptors (Lipinski definition) is 4. The summed E-state index contributed by atoms with van der Waals surface area (Å²) in [6, 6.07) is 22.6. The number of carboxylic acids is 1. The van der Waals surface area contributed by atoms with Gasteiger partial charge in [-0.3, -0.25) is 10.1 Å². The van der Waals surface area contributed by atoms with E-state index < -0.39 is 18.4 Å². The Balaban J connectivity index is 1.37. The summed E-state index contributed by atoms with van der Waals surface area (Å²) in [6.45, 7) is 0.242. The highest BCUT2D eigenvalue weighted by Crippen LogP contribution is 2.44. The molecule has 3 aromatic rings. The third kappa shape index (κ3) is 4.97. The number of halogens is 1. The molecule has 5 nitrogen and oxygen atoms in total. The van der Waals surface area contributed by atoms with E-state index in [1.807, 2.05) is 36.4 Å². The molecule has 0 radical (unpaired) electrons. The lowest BCUT2D eigenvalue weighted by Gasteiger charge is -2.22. The maximum Gasteiger partial charge on any atom is 0.320 e.